The molecular formula is C16H21NO3. The van der Waals surface area contributed by atoms with Gasteiger partial charge in [-0.15, -0.1) is 0 Å². The summed E-state index contributed by atoms with van der Waals surface area (Å²) in [5.74, 6) is 0.389. The Kier molecular flexibility index (Phi) is 4.45. The molecule has 0 aliphatic heterocycles. The molecule has 1 aromatic heterocycles. The number of aliphatic hydroxyl groups excluding tert-OH is 1. The van der Waals surface area contributed by atoms with E-state index in [0.717, 1.165) is 10.9 Å². The number of hydrogen-bond donors (Lipinski definition) is 2. The Bertz CT molecular complexity index is 601. The fraction of sp³-hybridized carbons (Fsp3) is 0.438. The Labute approximate surface area is 118 Å². The van der Waals surface area contributed by atoms with Crippen molar-refractivity contribution in [2.24, 2.45) is 5.92 Å². The molecule has 1 amide bonds. The van der Waals surface area contributed by atoms with E-state index in [9.17, 15) is 9.90 Å². The zero-order valence-corrected chi connectivity index (χ0v) is 12.1. The molecule has 2 rings (SSSR count). The van der Waals surface area contributed by atoms with Crippen LogP contribution in [0.4, 0.5) is 0 Å². The van der Waals surface area contributed by atoms with Gasteiger partial charge in [0.1, 0.15) is 5.58 Å². The van der Waals surface area contributed by atoms with Gasteiger partial charge in [-0.1, -0.05) is 25.5 Å². The van der Waals surface area contributed by atoms with Crippen molar-refractivity contribution in [3.63, 3.8) is 0 Å². The highest BCUT2D eigenvalue weighted by atomic mass is 16.3. The Morgan fingerprint density at radius 1 is 1.35 bits per heavy atom. The molecule has 0 spiro atoms. The number of carbonyl (C=O) groups is 1. The highest BCUT2D eigenvalue weighted by Crippen LogP contribution is 2.20. The summed E-state index contributed by atoms with van der Waals surface area (Å²) >= 11 is 0. The summed E-state index contributed by atoms with van der Waals surface area (Å²) < 4.78 is 5.50. The van der Waals surface area contributed by atoms with E-state index < -0.39 is 6.10 Å². The molecule has 2 N–H and O–H groups in total. The van der Waals surface area contributed by atoms with Crippen molar-refractivity contribution in [3.05, 3.63) is 35.6 Å². The van der Waals surface area contributed by atoms with Crippen molar-refractivity contribution < 1.29 is 14.3 Å². The van der Waals surface area contributed by atoms with Crippen LogP contribution in [0.15, 0.2) is 28.7 Å². The highest BCUT2D eigenvalue weighted by Gasteiger charge is 2.14. The van der Waals surface area contributed by atoms with Gasteiger partial charge < -0.3 is 14.8 Å². The number of aliphatic hydroxyl groups is 1. The second kappa shape index (κ2) is 6.09. The van der Waals surface area contributed by atoms with Gasteiger partial charge in [-0.3, -0.25) is 4.79 Å². The van der Waals surface area contributed by atoms with E-state index >= 15 is 0 Å². The van der Waals surface area contributed by atoms with Crippen molar-refractivity contribution in [2.75, 3.05) is 6.54 Å². The second-order valence-corrected chi connectivity index (χ2v) is 5.65. The molecule has 0 bridgehead atoms. The zero-order valence-electron chi connectivity index (χ0n) is 12.1. The molecule has 1 heterocycles. The number of benzene rings is 1. The Hall–Kier alpha value is -1.81. The van der Waals surface area contributed by atoms with Crippen molar-refractivity contribution >= 4 is 16.9 Å². The maximum Gasteiger partial charge on any atom is 0.287 e. The van der Waals surface area contributed by atoms with E-state index in [-0.39, 0.29) is 18.2 Å². The maximum atomic E-state index is 12.0. The van der Waals surface area contributed by atoms with Crippen LogP contribution in [0.5, 0.6) is 0 Å². The van der Waals surface area contributed by atoms with Crippen LogP contribution < -0.4 is 5.32 Å². The molecule has 4 heteroatoms. The number of hydrogen-bond acceptors (Lipinski definition) is 3. The summed E-state index contributed by atoms with van der Waals surface area (Å²) in [6.45, 7) is 6.31. The molecule has 1 aromatic carbocycles. The number of rotatable bonds is 5. The predicted octanol–water partition coefficient (Wildman–Crippen LogP) is 2.88. The lowest BCUT2D eigenvalue weighted by molar-refractivity contribution is 0.0876. The van der Waals surface area contributed by atoms with Crippen LogP contribution in [-0.4, -0.2) is 23.7 Å². The number of amides is 1. The first-order valence-electron chi connectivity index (χ1n) is 6.92. The summed E-state index contributed by atoms with van der Waals surface area (Å²) in [4.78, 5) is 12.0. The zero-order chi connectivity index (χ0) is 14.7. The maximum absolute atomic E-state index is 12.0. The highest BCUT2D eigenvalue weighted by molar-refractivity contribution is 5.96. The number of aryl methyl sites for hydroxylation is 1. The van der Waals surface area contributed by atoms with Crippen molar-refractivity contribution in [1.29, 1.82) is 0 Å². The van der Waals surface area contributed by atoms with Crippen LogP contribution in [0, 0.1) is 12.8 Å². The Morgan fingerprint density at radius 2 is 2.10 bits per heavy atom. The quantitative estimate of drug-likeness (QED) is 0.882. The fourth-order valence-electron chi connectivity index (χ4n) is 2.20. The van der Waals surface area contributed by atoms with Crippen LogP contribution in [-0.2, 0) is 0 Å². The van der Waals surface area contributed by atoms with Gasteiger partial charge in [-0.2, -0.15) is 0 Å². The van der Waals surface area contributed by atoms with Crippen LogP contribution in [0.25, 0.3) is 11.0 Å². The SMILES string of the molecule is Cc1ccc2oc(C(=O)NCC(O)CC(C)C)cc2c1. The molecular weight excluding hydrogens is 254 g/mol. The van der Waals surface area contributed by atoms with Crippen LogP contribution in [0.2, 0.25) is 0 Å². The summed E-state index contributed by atoms with van der Waals surface area (Å²) in [5, 5.41) is 13.4. The number of nitrogens with one attached hydrogen (secondary N) is 1. The minimum Gasteiger partial charge on any atom is -0.451 e. The van der Waals surface area contributed by atoms with Crippen molar-refractivity contribution in [2.45, 2.75) is 33.3 Å². The largest absolute Gasteiger partial charge is 0.451 e. The molecule has 4 nitrogen and oxygen atoms in total. The van der Waals surface area contributed by atoms with Gasteiger partial charge in [0, 0.05) is 11.9 Å². The summed E-state index contributed by atoms with van der Waals surface area (Å²) in [5.41, 5.74) is 1.82. The van der Waals surface area contributed by atoms with E-state index in [1.165, 1.54) is 0 Å². The topological polar surface area (TPSA) is 62.5 Å². The molecule has 20 heavy (non-hydrogen) atoms. The third kappa shape index (κ3) is 3.61. The first-order chi connectivity index (χ1) is 9.45. The van der Waals surface area contributed by atoms with E-state index in [4.69, 9.17) is 4.42 Å². The molecule has 0 fully saturated rings. The van der Waals surface area contributed by atoms with Crippen LogP contribution in [0.1, 0.15) is 36.4 Å². The fourth-order valence-corrected chi connectivity index (χ4v) is 2.20. The molecule has 1 unspecified atom stereocenters. The molecule has 1 atom stereocenters. The molecule has 0 aliphatic carbocycles. The first kappa shape index (κ1) is 14.6. The standard InChI is InChI=1S/C16H21NO3/c1-10(2)6-13(18)9-17-16(19)15-8-12-7-11(3)4-5-14(12)20-15/h4-5,7-8,10,13,18H,6,9H2,1-3H3,(H,17,19). The van der Waals surface area contributed by atoms with E-state index in [2.05, 4.69) is 5.32 Å². The van der Waals surface area contributed by atoms with E-state index in [1.54, 1.807) is 6.07 Å². The summed E-state index contributed by atoms with van der Waals surface area (Å²) in [7, 11) is 0. The monoisotopic (exact) mass is 275 g/mol. The number of furan rings is 1. The molecule has 0 radical (unpaired) electrons. The summed E-state index contributed by atoms with van der Waals surface area (Å²) in [6.07, 6.45) is 0.144. The molecule has 0 saturated carbocycles. The minimum absolute atomic E-state index is 0.243. The lowest BCUT2D eigenvalue weighted by Crippen LogP contribution is -2.32. The smallest absolute Gasteiger partial charge is 0.287 e. The van der Waals surface area contributed by atoms with Crippen LogP contribution >= 0.6 is 0 Å². The number of fused-ring (bicyclic) bond motifs is 1. The number of carbonyl (C=O) groups excluding carboxylic acids is 1. The average Bonchev–Trinajstić information content (AvgIpc) is 2.78. The molecule has 108 valence electrons. The normalized spacial score (nSPS) is 12.8. The van der Waals surface area contributed by atoms with Gasteiger partial charge in [-0.05, 0) is 37.5 Å². The van der Waals surface area contributed by atoms with Gasteiger partial charge >= 0.3 is 0 Å². The van der Waals surface area contributed by atoms with E-state index in [1.807, 2.05) is 39.0 Å². The Balaban J connectivity index is 2.00. The molecule has 0 aliphatic rings. The molecule has 2 aromatic rings. The predicted molar refractivity (Wildman–Crippen MR) is 78.7 cm³/mol. The second-order valence-electron chi connectivity index (χ2n) is 5.65. The third-order valence-corrected chi connectivity index (χ3v) is 3.14. The van der Waals surface area contributed by atoms with E-state index in [0.29, 0.717) is 17.9 Å². The van der Waals surface area contributed by atoms with Crippen molar-refractivity contribution in [1.82, 2.24) is 5.32 Å². The summed E-state index contributed by atoms with van der Waals surface area (Å²) in [6, 6.07) is 7.50. The third-order valence-electron chi connectivity index (χ3n) is 3.14. The Morgan fingerprint density at radius 3 is 2.80 bits per heavy atom. The lowest BCUT2D eigenvalue weighted by atomic mass is 10.1. The average molecular weight is 275 g/mol. The van der Waals surface area contributed by atoms with Gasteiger partial charge in [0.15, 0.2) is 5.76 Å². The van der Waals surface area contributed by atoms with Crippen LogP contribution in [0.3, 0.4) is 0 Å². The minimum atomic E-state index is -0.523. The van der Waals surface area contributed by atoms with Gasteiger partial charge in [-0.25, -0.2) is 0 Å². The van der Waals surface area contributed by atoms with Gasteiger partial charge in [0.25, 0.3) is 5.91 Å². The van der Waals surface area contributed by atoms with Gasteiger partial charge in [0.2, 0.25) is 0 Å². The van der Waals surface area contributed by atoms with Gasteiger partial charge in [0.05, 0.1) is 6.10 Å². The lowest BCUT2D eigenvalue weighted by Gasteiger charge is -2.13. The first-order valence-corrected chi connectivity index (χ1v) is 6.92. The van der Waals surface area contributed by atoms with Crippen molar-refractivity contribution in [3.8, 4) is 0 Å². The molecule has 0 saturated heterocycles.